The highest BCUT2D eigenvalue weighted by molar-refractivity contribution is 7.07. The summed E-state index contributed by atoms with van der Waals surface area (Å²) in [6.45, 7) is 7.34. The van der Waals surface area contributed by atoms with Crippen LogP contribution in [0.2, 0.25) is 0 Å². The van der Waals surface area contributed by atoms with E-state index < -0.39 is 16.9 Å². The van der Waals surface area contributed by atoms with Gasteiger partial charge >= 0.3 is 11.7 Å². The zero-order valence-electron chi connectivity index (χ0n) is 26.9. The smallest absolute Gasteiger partial charge is 0.338 e. The van der Waals surface area contributed by atoms with E-state index in [1.807, 2.05) is 30.3 Å². The van der Waals surface area contributed by atoms with Crippen molar-refractivity contribution >= 4 is 29.1 Å². The number of rotatable bonds is 11. The lowest BCUT2D eigenvalue weighted by Crippen LogP contribution is -2.39. The summed E-state index contributed by atoms with van der Waals surface area (Å²) in [4.78, 5) is 44.2. The number of hydrogen-bond donors (Lipinski definition) is 0. The zero-order valence-corrected chi connectivity index (χ0v) is 27.7. The number of allylic oxidation sites excluding steroid dienone is 1. The molecule has 49 heavy (non-hydrogen) atoms. The fourth-order valence-corrected chi connectivity index (χ4v) is 6.59. The van der Waals surface area contributed by atoms with Gasteiger partial charge in [-0.25, -0.2) is 14.5 Å². The number of benzene rings is 3. The Hall–Kier alpha value is -6.08. The molecule has 0 saturated carbocycles. The summed E-state index contributed by atoms with van der Waals surface area (Å²) < 4.78 is 19.7. The van der Waals surface area contributed by atoms with Gasteiger partial charge in [-0.2, -0.15) is 5.10 Å². The fourth-order valence-electron chi connectivity index (χ4n) is 5.55. The highest BCUT2D eigenvalue weighted by Crippen LogP contribution is 2.34. The maximum absolute atomic E-state index is 14.3. The Kier molecular flexibility index (Phi) is 9.35. The van der Waals surface area contributed by atoms with Crippen LogP contribution in [0.4, 0.5) is 5.69 Å². The molecule has 3 aromatic carbocycles. The highest BCUT2D eigenvalue weighted by Gasteiger charge is 2.33. The number of methoxy groups -OCH3 is 1. The molecule has 0 fully saturated rings. The van der Waals surface area contributed by atoms with E-state index in [0.29, 0.717) is 43.2 Å². The molecular weight excluding hydrogens is 646 g/mol. The van der Waals surface area contributed by atoms with Gasteiger partial charge in [-0.15, -0.1) is 0 Å². The second-order valence-corrected chi connectivity index (χ2v) is 11.8. The van der Waals surface area contributed by atoms with Crippen molar-refractivity contribution in [2.24, 2.45) is 4.99 Å². The molecule has 248 valence electrons. The predicted molar refractivity (Wildman–Crippen MR) is 185 cm³/mol. The number of esters is 1. The number of fused-ring (bicyclic) bond motifs is 1. The lowest BCUT2D eigenvalue weighted by atomic mass is 9.96. The Balaban J connectivity index is 1.55. The summed E-state index contributed by atoms with van der Waals surface area (Å²) >= 11 is 1.16. The van der Waals surface area contributed by atoms with E-state index in [-0.39, 0.29) is 35.8 Å². The first kappa shape index (κ1) is 32.8. The van der Waals surface area contributed by atoms with E-state index >= 15 is 0 Å². The number of ether oxygens (including phenoxy) is 3. The second-order valence-electron chi connectivity index (χ2n) is 10.8. The van der Waals surface area contributed by atoms with Crippen molar-refractivity contribution in [2.45, 2.75) is 19.9 Å². The van der Waals surface area contributed by atoms with Crippen LogP contribution >= 0.6 is 11.3 Å². The van der Waals surface area contributed by atoms with E-state index in [9.17, 15) is 19.7 Å². The fraction of sp³-hybridized carbons (Fsp3) is 0.167. The Morgan fingerprint density at radius 2 is 1.88 bits per heavy atom. The number of nitrogens with zero attached hydrogens (tertiary/aromatic N) is 5. The SMILES string of the molecule is C=CCOC(=O)C1=C(C)N=c2s/c(=C\c3cn(-c4ccccc4)nc3-c3ccc(OCC)c([N+](=O)[O-])c3)c(=O)n2[C@H]1c1ccc(OC)cc1. The molecule has 0 saturated heterocycles. The van der Waals surface area contributed by atoms with Gasteiger partial charge in [0.2, 0.25) is 0 Å². The first-order chi connectivity index (χ1) is 23.7. The number of aromatic nitrogens is 3. The van der Waals surface area contributed by atoms with Crippen molar-refractivity contribution < 1.29 is 23.9 Å². The number of para-hydroxylation sites is 1. The minimum absolute atomic E-state index is 0.00669. The third-order valence-corrected chi connectivity index (χ3v) is 8.77. The molecule has 1 aliphatic rings. The van der Waals surface area contributed by atoms with Gasteiger partial charge in [-0.1, -0.05) is 54.3 Å². The minimum Gasteiger partial charge on any atom is -0.497 e. The van der Waals surface area contributed by atoms with Crippen LogP contribution in [0.5, 0.6) is 11.5 Å². The number of carbonyl (C=O) groups is 1. The number of thiazole rings is 1. The molecule has 0 spiro atoms. The normalized spacial score (nSPS) is 14.2. The van der Waals surface area contributed by atoms with Crippen molar-refractivity contribution in [1.29, 1.82) is 0 Å². The molecule has 2 aromatic heterocycles. The number of nitro benzene ring substituents is 1. The van der Waals surface area contributed by atoms with E-state index in [2.05, 4.69) is 11.6 Å². The van der Waals surface area contributed by atoms with Gasteiger partial charge in [0, 0.05) is 23.4 Å². The average molecular weight is 678 g/mol. The summed E-state index contributed by atoms with van der Waals surface area (Å²) in [6.07, 6.45) is 4.92. The number of hydrogen-bond acceptors (Lipinski definition) is 10. The number of nitro groups is 1. The van der Waals surface area contributed by atoms with Crippen molar-refractivity contribution in [2.75, 3.05) is 20.3 Å². The first-order valence-electron chi connectivity index (χ1n) is 15.2. The molecule has 1 aliphatic heterocycles. The largest absolute Gasteiger partial charge is 0.497 e. The van der Waals surface area contributed by atoms with Crippen LogP contribution in [0.15, 0.2) is 113 Å². The summed E-state index contributed by atoms with van der Waals surface area (Å²) in [5.74, 6) is 0.148. The minimum atomic E-state index is -0.832. The lowest BCUT2D eigenvalue weighted by molar-refractivity contribution is -0.385. The summed E-state index contributed by atoms with van der Waals surface area (Å²) in [5.41, 5.74) is 2.88. The molecule has 1 atom stereocenters. The molecule has 0 unspecified atom stereocenters. The van der Waals surface area contributed by atoms with Gasteiger partial charge in [-0.3, -0.25) is 19.5 Å². The monoisotopic (exact) mass is 677 g/mol. The van der Waals surface area contributed by atoms with Crippen LogP contribution in [0.25, 0.3) is 23.0 Å². The molecular formula is C36H31N5O7S. The summed E-state index contributed by atoms with van der Waals surface area (Å²) in [5, 5.41) is 16.8. The van der Waals surface area contributed by atoms with Crippen LogP contribution in [0, 0.1) is 10.1 Å². The molecule has 13 heteroatoms. The first-order valence-corrected chi connectivity index (χ1v) is 16.1. The van der Waals surface area contributed by atoms with Gasteiger partial charge in [0.05, 0.1) is 46.2 Å². The quantitative estimate of drug-likeness (QED) is 0.0811. The Labute approximate surface area is 284 Å². The van der Waals surface area contributed by atoms with Gasteiger partial charge in [-0.05, 0) is 61.9 Å². The molecule has 12 nitrogen and oxygen atoms in total. The molecule has 0 N–H and O–H groups in total. The summed E-state index contributed by atoms with van der Waals surface area (Å²) in [7, 11) is 1.56. The van der Waals surface area contributed by atoms with Crippen molar-refractivity contribution in [3.05, 3.63) is 144 Å². The van der Waals surface area contributed by atoms with Crippen molar-refractivity contribution in [3.63, 3.8) is 0 Å². The van der Waals surface area contributed by atoms with Crippen LogP contribution in [-0.4, -0.2) is 45.6 Å². The van der Waals surface area contributed by atoms with Crippen LogP contribution in [0.3, 0.4) is 0 Å². The van der Waals surface area contributed by atoms with Gasteiger partial charge in [0.1, 0.15) is 18.1 Å². The van der Waals surface area contributed by atoms with Crippen molar-refractivity contribution in [3.8, 4) is 28.4 Å². The van der Waals surface area contributed by atoms with Gasteiger partial charge in [0.25, 0.3) is 5.56 Å². The lowest BCUT2D eigenvalue weighted by Gasteiger charge is -2.24. The Morgan fingerprint density at radius 1 is 1.12 bits per heavy atom. The Bertz CT molecular complexity index is 2290. The molecule has 0 aliphatic carbocycles. The van der Waals surface area contributed by atoms with Crippen molar-refractivity contribution in [1.82, 2.24) is 14.3 Å². The maximum Gasteiger partial charge on any atom is 0.338 e. The number of carbonyl (C=O) groups excluding carboxylic acids is 1. The van der Waals surface area contributed by atoms with E-state index in [0.717, 1.165) is 17.0 Å². The topological polar surface area (TPSA) is 140 Å². The Morgan fingerprint density at radius 3 is 2.55 bits per heavy atom. The highest BCUT2D eigenvalue weighted by atomic mass is 32.1. The molecule has 3 heterocycles. The maximum atomic E-state index is 14.3. The molecule has 6 rings (SSSR count). The molecule has 0 radical (unpaired) electrons. The molecule has 5 aromatic rings. The van der Waals surface area contributed by atoms with Crippen LogP contribution in [0.1, 0.15) is 31.0 Å². The van der Waals surface area contributed by atoms with E-state index in [1.165, 1.54) is 16.7 Å². The zero-order chi connectivity index (χ0) is 34.7. The van der Waals surface area contributed by atoms with E-state index in [1.54, 1.807) is 74.3 Å². The predicted octanol–water partition coefficient (Wildman–Crippen LogP) is 5.13. The van der Waals surface area contributed by atoms with Crippen LogP contribution in [-0.2, 0) is 9.53 Å². The van der Waals surface area contributed by atoms with Gasteiger partial charge in [0.15, 0.2) is 10.6 Å². The van der Waals surface area contributed by atoms with Gasteiger partial charge < -0.3 is 14.2 Å². The van der Waals surface area contributed by atoms with E-state index in [4.69, 9.17) is 19.3 Å². The standard InChI is InChI=1S/C36H31N5O7S/c1-5-18-48-35(43)31-22(3)37-36-40(33(31)23-12-15-27(46-4)16-13-23)34(42)30(49-36)20-25-21-39(26-10-8-7-9-11-26)38-32(25)24-14-17-29(47-6-2)28(19-24)41(44)45/h5,7-17,19-21,33H,1,6,18H2,2-4H3/b30-20-/t33-/m0/s1. The molecule has 0 amide bonds. The van der Waals surface area contributed by atoms with Crippen LogP contribution < -0.4 is 24.4 Å². The average Bonchev–Trinajstić information content (AvgIpc) is 3.67. The molecule has 0 bridgehead atoms. The third-order valence-electron chi connectivity index (χ3n) is 7.78. The second kappa shape index (κ2) is 14.0. The third kappa shape index (κ3) is 6.43. The summed E-state index contributed by atoms with van der Waals surface area (Å²) in [6, 6.07) is 20.3.